The van der Waals surface area contributed by atoms with Crippen LogP contribution < -0.4 is 5.32 Å². The van der Waals surface area contributed by atoms with Gasteiger partial charge in [-0.2, -0.15) is 0 Å². The van der Waals surface area contributed by atoms with Gasteiger partial charge in [0.25, 0.3) is 5.91 Å². The first-order valence-corrected chi connectivity index (χ1v) is 7.31. The molecule has 1 unspecified atom stereocenters. The van der Waals surface area contributed by atoms with Crippen molar-refractivity contribution in [3.63, 3.8) is 0 Å². The van der Waals surface area contributed by atoms with Gasteiger partial charge in [0.05, 0.1) is 11.7 Å². The van der Waals surface area contributed by atoms with Crippen LogP contribution in [0.2, 0.25) is 5.02 Å². The van der Waals surface area contributed by atoms with Crippen LogP contribution in [0, 0.1) is 0 Å². The lowest BCUT2D eigenvalue weighted by molar-refractivity contribution is 0.0935. The summed E-state index contributed by atoms with van der Waals surface area (Å²) < 4.78 is 0. The Morgan fingerprint density at radius 2 is 1.77 bits per heavy atom. The zero-order chi connectivity index (χ0) is 15.5. The highest BCUT2D eigenvalue weighted by atomic mass is 35.5. The first-order valence-electron chi connectivity index (χ1n) is 6.93. The molecule has 0 bridgehead atoms. The minimum atomic E-state index is -0.240. The molecule has 1 aromatic rings. The molecule has 0 aromatic heterocycles. The lowest BCUT2D eigenvalue weighted by atomic mass is 10.1. The Hall–Kier alpha value is -2.46. The number of nitrogens with one attached hydrogen (secondary N) is 1. The Morgan fingerprint density at radius 3 is 2.55 bits per heavy atom. The maximum absolute atomic E-state index is 12.4. The topological polar surface area (TPSA) is 54.9 Å². The van der Waals surface area contributed by atoms with Gasteiger partial charge < -0.3 is 5.32 Å². The maximum atomic E-state index is 12.4. The standard InChI is InChI=1S/C17H14ClN3O/c1-11(12-7-9-13(18)10-8-12)19-17(22)16-14-5-3-2-4-6-15(14)20-21-16/h2-11H,1H3,(H,19,22). The second-order valence-electron chi connectivity index (χ2n) is 5.00. The van der Waals surface area contributed by atoms with Gasteiger partial charge in [-0.05, 0) is 30.7 Å². The number of carbonyl (C=O) groups is 1. The molecular formula is C17H14ClN3O. The SMILES string of the molecule is CC(NC(=O)c1nnc2cccccc1-2)c1ccc(Cl)cc1. The molecule has 1 N–H and O–H groups in total. The van der Waals surface area contributed by atoms with Crippen molar-refractivity contribution in [2.75, 3.05) is 0 Å². The van der Waals surface area contributed by atoms with Crippen LogP contribution in [-0.2, 0) is 0 Å². The lowest BCUT2D eigenvalue weighted by Crippen LogP contribution is -2.27. The summed E-state index contributed by atoms with van der Waals surface area (Å²) in [5.74, 6) is -0.240. The molecule has 5 heteroatoms. The van der Waals surface area contributed by atoms with Gasteiger partial charge in [0.2, 0.25) is 0 Å². The van der Waals surface area contributed by atoms with E-state index in [4.69, 9.17) is 11.6 Å². The molecule has 1 aliphatic carbocycles. The molecule has 1 aromatic carbocycles. The number of amides is 1. The van der Waals surface area contributed by atoms with Crippen LogP contribution >= 0.6 is 11.6 Å². The highest BCUT2D eigenvalue weighted by molar-refractivity contribution is 6.30. The van der Waals surface area contributed by atoms with Crippen LogP contribution in [0.3, 0.4) is 0 Å². The Balaban J connectivity index is 1.81. The molecule has 22 heavy (non-hydrogen) atoms. The van der Waals surface area contributed by atoms with Gasteiger partial charge in [-0.25, -0.2) is 0 Å². The number of carbonyl (C=O) groups excluding carboxylic acids is 1. The van der Waals surface area contributed by atoms with E-state index in [-0.39, 0.29) is 11.9 Å². The largest absolute Gasteiger partial charge is 0.344 e. The highest BCUT2D eigenvalue weighted by Gasteiger charge is 2.20. The van der Waals surface area contributed by atoms with Crippen molar-refractivity contribution in [3.8, 4) is 11.3 Å². The Kier molecular flexibility index (Phi) is 4.02. The van der Waals surface area contributed by atoms with Crippen LogP contribution in [0.4, 0.5) is 0 Å². The third-order valence-electron chi connectivity index (χ3n) is 3.46. The fourth-order valence-electron chi connectivity index (χ4n) is 2.25. The fourth-order valence-corrected chi connectivity index (χ4v) is 2.38. The van der Waals surface area contributed by atoms with Crippen LogP contribution in [-0.4, -0.2) is 16.1 Å². The average molecular weight is 312 g/mol. The minimum absolute atomic E-state index is 0.144. The number of halogens is 1. The van der Waals surface area contributed by atoms with Crippen LogP contribution in [0.25, 0.3) is 11.3 Å². The highest BCUT2D eigenvalue weighted by Crippen LogP contribution is 2.22. The molecular weight excluding hydrogens is 298 g/mol. The third-order valence-corrected chi connectivity index (χ3v) is 3.71. The quantitative estimate of drug-likeness (QED) is 0.802. The van der Waals surface area contributed by atoms with E-state index >= 15 is 0 Å². The van der Waals surface area contributed by atoms with Crippen molar-refractivity contribution < 1.29 is 4.79 Å². The number of rotatable bonds is 3. The summed E-state index contributed by atoms with van der Waals surface area (Å²) in [6, 6.07) is 16.5. The Bertz CT molecular complexity index is 773. The van der Waals surface area contributed by atoms with E-state index in [0.29, 0.717) is 16.4 Å². The van der Waals surface area contributed by atoms with Gasteiger partial charge in [0.15, 0.2) is 5.69 Å². The number of nitrogens with zero attached hydrogens (tertiary/aromatic N) is 2. The van der Waals surface area contributed by atoms with Crippen molar-refractivity contribution in [3.05, 3.63) is 70.9 Å². The predicted molar refractivity (Wildman–Crippen MR) is 86.0 cm³/mol. The normalized spacial score (nSPS) is 12.1. The zero-order valence-electron chi connectivity index (χ0n) is 12.0. The molecule has 0 saturated carbocycles. The van der Waals surface area contributed by atoms with E-state index in [9.17, 15) is 4.79 Å². The summed E-state index contributed by atoms with van der Waals surface area (Å²) >= 11 is 5.88. The summed E-state index contributed by atoms with van der Waals surface area (Å²) in [5.41, 5.74) is 2.76. The fraction of sp³-hybridized carbons (Fsp3) is 0.118. The zero-order valence-corrected chi connectivity index (χ0v) is 12.7. The van der Waals surface area contributed by atoms with Crippen molar-refractivity contribution >= 4 is 17.5 Å². The smallest absolute Gasteiger partial charge is 0.272 e. The maximum Gasteiger partial charge on any atom is 0.272 e. The molecule has 0 saturated heterocycles. The summed E-state index contributed by atoms with van der Waals surface area (Å²) in [5, 5.41) is 11.6. The van der Waals surface area contributed by atoms with Crippen LogP contribution in [0.15, 0.2) is 54.6 Å². The van der Waals surface area contributed by atoms with Crippen molar-refractivity contribution in [1.82, 2.24) is 15.5 Å². The van der Waals surface area contributed by atoms with E-state index in [0.717, 1.165) is 11.1 Å². The number of hydrogen-bond donors (Lipinski definition) is 1. The van der Waals surface area contributed by atoms with E-state index in [2.05, 4.69) is 15.5 Å². The molecule has 3 rings (SSSR count). The Labute approximate surface area is 133 Å². The number of fused-ring (bicyclic) bond motifs is 1. The molecule has 4 nitrogen and oxygen atoms in total. The summed E-state index contributed by atoms with van der Waals surface area (Å²) in [7, 11) is 0. The molecule has 1 aliphatic heterocycles. The number of hydrogen-bond acceptors (Lipinski definition) is 3. The van der Waals surface area contributed by atoms with Crippen LogP contribution in [0.1, 0.15) is 29.0 Å². The molecule has 0 radical (unpaired) electrons. The van der Waals surface area contributed by atoms with Gasteiger partial charge in [-0.3, -0.25) is 4.79 Å². The van der Waals surface area contributed by atoms with Crippen molar-refractivity contribution in [2.45, 2.75) is 13.0 Å². The first-order chi connectivity index (χ1) is 10.6. The molecule has 2 aliphatic rings. The molecule has 110 valence electrons. The van der Waals surface area contributed by atoms with E-state index in [1.54, 1.807) is 12.1 Å². The predicted octanol–water partition coefficient (Wildman–Crippen LogP) is 3.73. The lowest BCUT2D eigenvalue weighted by Gasteiger charge is -2.13. The first kappa shape index (κ1) is 14.5. The van der Waals surface area contributed by atoms with Gasteiger partial charge in [-0.15, -0.1) is 10.2 Å². The number of benzene rings is 1. The van der Waals surface area contributed by atoms with E-state index < -0.39 is 0 Å². The van der Waals surface area contributed by atoms with Crippen LogP contribution in [0.5, 0.6) is 0 Å². The second-order valence-corrected chi connectivity index (χ2v) is 5.44. The van der Waals surface area contributed by atoms with Gasteiger partial charge >= 0.3 is 0 Å². The third kappa shape index (κ3) is 2.92. The molecule has 1 atom stereocenters. The molecule has 1 heterocycles. The van der Waals surface area contributed by atoms with Gasteiger partial charge in [0, 0.05) is 10.6 Å². The van der Waals surface area contributed by atoms with E-state index in [1.165, 1.54) is 0 Å². The average Bonchev–Trinajstić information content (AvgIpc) is 2.77. The van der Waals surface area contributed by atoms with Crippen molar-refractivity contribution in [1.29, 1.82) is 0 Å². The summed E-state index contributed by atoms with van der Waals surface area (Å²) in [4.78, 5) is 12.4. The van der Waals surface area contributed by atoms with E-state index in [1.807, 2.05) is 49.4 Å². The molecule has 0 spiro atoms. The van der Waals surface area contributed by atoms with Crippen molar-refractivity contribution in [2.24, 2.45) is 0 Å². The monoisotopic (exact) mass is 311 g/mol. The Morgan fingerprint density at radius 1 is 1.05 bits per heavy atom. The number of aromatic nitrogens is 2. The summed E-state index contributed by atoms with van der Waals surface area (Å²) in [6.45, 7) is 1.92. The van der Waals surface area contributed by atoms with Gasteiger partial charge in [-0.1, -0.05) is 48.0 Å². The van der Waals surface area contributed by atoms with Gasteiger partial charge in [0.1, 0.15) is 0 Å². The molecule has 0 fully saturated rings. The molecule has 1 amide bonds. The summed E-state index contributed by atoms with van der Waals surface area (Å²) in [6.07, 6.45) is 0. The second kappa shape index (κ2) is 6.12. The minimum Gasteiger partial charge on any atom is -0.344 e.